The third-order valence-corrected chi connectivity index (χ3v) is 8.87. The topological polar surface area (TPSA) is 145 Å². The highest BCUT2D eigenvalue weighted by atomic mass is 35.5. The van der Waals surface area contributed by atoms with Gasteiger partial charge in [-0.25, -0.2) is 14.8 Å². The molecular formula is C31H37ClN8O3. The van der Waals surface area contributed by atoms with Crippen LogP contribution >= 0.6 is 11.6 Å². The van der Waals surface area contributed by atoms with Gasteiger partial charge in [-0.1, -0.05) is 49.6 Å². The maximum Gasteiger partial charge on any atom is 0.411 e. The number of hydrogen-bond acceptors (Lipinski definition) is 9. The molecule has 3 N–H and O–H groups in total. The fourth-order valence-corrected chi connectivity index (χ4v) is 6.70. The van der Waals surface area contributed by atoms with Crippen LogP contribution in [0.1, 0.15) is 58.2 Å². The van der Waals surface area contributed by atoms with Crippen LogP contribution in [0.2, 0.25) is 5.02 Å². The number of amides is 1. The van der Waals surface area contributed by atoms with Gasteiger partial charge in [0.05, 0.1) is 23.8 Å². The van der Waals surface area contributed by atoms with Crippen LogP contribution in [0.4, 0.5) is 10.7 Å². The molecule has 0 bridgehead atoms. The Morgan fingerprint density at radius 1 is 1.16 bits per heavy atom. The van der Waals surface area contributed by atoms with Gasteiger partial charge >= 0.3 is 6.09 Å². The van der Waals surface area contributed by atoms with Gasteiger partial charge in [-0.2, -0.15) is 4.98 Å². The second-order valence-corrected chi connectivity index (χ2v) is 12.2. The van der Waals surface area contributed by atoms with E-state index in [0.717, 1.165) is 49.6 Å². The highest BCUT2D eigenvalue weighted by molar-refractivity contribution is 6.30. The van der Waals surface area contributed by atoms with Gasteiger partial charge in [0.1, 0.15) is 11.2 Å². The fraction of sp³-hybridized carbons (Fsp3) is 0.484. The Labute approximate surface area is 255 Å². The summed E-state index contributed by atoms with van der Waals surface area (Å²) >= 11 is 6.38. The number of nitrogens with zero attached hydrogens (tertiary/aromatic N) is 6. The molecule has 4 heterocycles. The number of nitrogens with one attached hydrogen (secondary N) is 1. The molecule has 2 aliphatic carbocycles. The molecule has 1 amide bonds. The van der Waals surface area contributed by atoms with Crippen LogP contribution in [-0.2, 0) is 16.0 Å². The van der Waals surface area contributed by atoms with Crippen LogP contribution in [0.5, 0.6) is 0 Å². The second-order valence-electron chi connectivity index (χ2n) is 11.8. The van der Waals surface area contributed by atoms with E-state index in [1.165, 1.54) is 18.4 Å². The lowest BCUT2D eigenvalue weighted by Crippen LogP contribution is -2.52. The highest BCUT2D eigenvalue weighted by Crippen LogP contribution is 2.38. The van der Waals surface area contributed by atoms with Crippen LogP contribution < -0.4 is 10.6 Å². The van der Waals surface area contributed by atoms with Gasteiger partial charge in [0.2, 0.25) is 11.8 Å². The van der Waals surface area contributed by atoms with Crippen molar-refractivity contribution in [2.24, 2.45) is 17.6 Å². The Bertz CT molecular complexity index is 1590. The first-order valence-corrected chi connectivity index (χ1v) is 15.4. The number of nitrogens with two attached hydrogens (primary N) is 1. The summed E-state index contributed by atoms with van der Waals surface area (Å²) in [6.45, 7) is 6.39. The molecule has 2 atom stereocenters. The first-order chi connectivity index (χ1) is 20.8. The Morgan fingerprint density at radius 3 is 2.70 bits per heavy atom. The summed E-state index contributed by atoms with van der Waals surface area (Å²) in [5.41, 5.74) is 8.69. The molecule has 6 rings (SSSR count). The minimum absolute atomic E-state index is 0.0348. The fourth-order valence-electron chi connectivity index (χ4n) is 6.53. The number of aromatic nitrogens is 5. The molecule has 226 valence electrons. The summed E-state index contributed by atoms with van der Waals surface area (Å²) in [4.78, 5) is 32.6. The van der Waals surface area contributed by atoms with Crippen LogP contribution in [0.25, 0.3) is 22.4 Å². The molecule has 2 fully saturated rings. The summed E-state index contributed by atoms with van der Waals surface area (Å²) in [5.74, 6) is 1.30. The van der Waals surface area contributed by atoms with E-state index in [9.17, 15) is 4.79 Å². The number of anilines is 1. The molecule has 0 unspecified atom stereocenters. The minimum atomic E-state index is -1.11. The molecule has 43 heavy (non-hydrogen) atoms. The van der Waals surface area contributed by atoms with E-state index in [4.69, 9.17) is 42.2 Å². The Morgan fingerprint density at radius 2 is 1.98 bits per heavy atom. The first kappa shape index (κ1) is 29.3. The zero-order valence-corrected chi connectivity index (χ0v) is 25.3. The van der Waals surface area contributed by atoms with Crippen molar-refractivity contribution in [1.29, 1.82) is 5.41 Å². The summed E-state index contributed by atoms with van der Waals surface area (Å²) in [5, 5.41) is 8.79. The Balaban J connectivity index is 1.57. The lowest BCUT2D eigenvalue weighted by Gasteiger charge is -2.42. The van der Waals surface area contributed by atoms with Crippen molar-refractivity contribution in [2.45, 2.75) is 71.1 Å². The van der Waals surface area contributed by atoms with Crippen molar-refractivity contribution >= 4 is 40.7 Å². The van der Waals surface area contributed by atoms with Crippen molar-refractivity contribution in [3.8, 4) is 11.3 Å². The smallest absolute Gasteiger partial charge is 0.388 e. The van der Waals surface area contributed by atoms with E-state index in [1.807, 2.05) is 0 Å². The molecule has 0 spiro atoms. The third kappa shape index (κ3) is 6.14. The van der Waals surface area contributed by atoms with Gasteiger partial charge in [0.25, 0.3) is 5.90 Å². The van der Waals surface area contributed by atoms with Crippen molar-refractivity contribution in [1.82, 2.24) is 24.5 Å². The van der Waals surface area contributed by atoms with E-state index in [-0.39, 0.29) is 18.0 Å². The summed E-state index contributed by atoms with van der Waals surface area (Å²) in [6, 6.07) is 1.74. The third-order valence-electron chi connectivity index (χ3n) is 8.66. The average Bonchev–Trinajstić information content (AvgIpc) is 3.35. The maximum absolute atomic E-state index is 11.5. The lowest BCUT2D eigenvalue weighted by atomic mass is 9.83. The molecule has 3 aromatic rings. The predicted octanol–water partition coefficient (Wildman–Crippen LogP) is 5.66. The van der Waals surface area contributed by atoms with Crippen molar-refractivity contribution in [2.75, 3.05) is 18.1 Å². The van der Waals surface area contributed by atoms with E-state index in [0.29, 0.717) is 41.0 Å². The van der Waals surface area contributed by atoms with Gasteiger partial charge in [-0.3, -0.25) is 10.4 Å². The number of ether oxygens (including phenoxy) is 2. The number of fused-ring (bicyclic) bond motifs is 1. The highest BCUT2D eigenvalue weighted by Gasteiger charge is 2.36. The number of primary amides is 1. The largest absolute Gasteiger partial charge is 0.411 e. The summed E-state index contributed by atoms with van der Waals surface area (Å²) in [7, 11) is 0. The molecule has 3 aromatic heterocycles. The van der Waals surface area contributed by atoms with Crippen LogP contribution in [0.15, 0.2) is 42.3 Å². The summed E-state index contributed by atoms with van der Waals surface area (Å²) in [6.07, 6.45) is 15.4. The Hall–Kier alpha value is -3.83. The first-order valence-electron chi connectivity index (χ1n) is 15.0. The zero-order valence-electron chi connectivity index (χ0n) is 24.5. The molecule has 0 aromatic carbocycles. The van der Waals surface area contributed by atoms with Crippen molar-refractivity contribution in [3.63, 3.8) is 0 Å². The second kappa shape index (κ2) is 12.4. The van der Waals surface area contributed by atoms with E-state index >= 15 is 0 Å². The van der Waals surface area contributed by atoms with Gasteiger partial charge < -0.3 is 24.7 Å². The summed E-state index contributed by atoms with van der Waals surface area (Å²) < 4.78 is 13.3. The molecule has 11 nitrogen and oxygen atoms in total. The number of halogens is 1. The van der Waals surface area contributed by atoms with Crippen molar-refractivity contribution in [3.05, 3.63) is 53.1 Å². The average molecular weight is 605 g/mol. The van der Waals surface area contributed by atoms with Gasteiger partial charge in [0.15, 0.2) is 5.65 Å². The number of allylic oxidation sites excluding steroid dienone is 2. The predicted molar refractivity (Wildman–Crippen MR) is 165 cm³/mol. The van der Waals surface area contributed by atoms with Crippen LogP contribution in [0.3, 0.4) is 0 Å². The monoisotopic (exact) mass is 604 g/mol. The van der Waals surface area contributed by atoms with E-state index in [1.54, 1.807) is 18.5 Å². The molecule has 12 heteroatoms. The zero-order chi connectivity index (χ0) is 30.1. The minimum Gasteiger partial charge on any atom is -0.388 e. The normalized spacial score (nSPS) is 24.2. The van der Waals surface area contributed by atoms with Gasteiger partial charge in [-0.05, 0) is 56.1 Å². The quantitative estimate of drug-likeness (QED) is 0.271. The number of hydrogen-bond donors (Lipinski definition) is 2. The number of rotatable bonds is 6. The van der Waals surface area contributed by atoms with Crippen molar-refractivity contribution < 1.29 is 14.3 Å². The molecule has 3 aliphatic rings. The molecule has 1 aliphatic heterocycles. The van der Waals surface area contributed by atoms with Crippen LogP contribution in [0, 0.1) is 17.2 Å². The SMILES string of the molecule is CC1CCC(Cn2c(N3CCO[C@H](C)[C@H]3C3=CCCC=C3)nc3nc(C(=N)OC(N)=O)nc(-c4cncc(Cl)c4)c32)CC1. The van der Waals surface area contributed by atoms with Crippen LogP contribution in [-0.4, -0.2) is 61.8 Å². The molecule has 0 radical (unpaired) electrons. The molecule has 1 saturated heterocycles. The number of carbonyl (C=O) groups is 1. The number of imidazole rings is 1. The molecular weight excluding hydrogens is 568 g/mol. The number of carbonyl (C=O) groups excluding carboxylic acids is 1. The molecule has 1 saturated carbocycles. The van der Waals surface area contributed by atoms with E-state index in [2.05, 4.69) is 51.5 Å². The van der Waals surface area contributed by atoms with Gasteiger partial charge in [0, 0.05) is 31.0 Å². The number of pyridine rings is 1. The number of morpholine rings is 1. The maximum atomic E-state index is 11.5. The lowest BCUT2D eigenvalue weighted by molar-refractivity contribution is 0.0324. The van der Waals surface area contributed by atoms with Gasteiger partial charge in [-0.15, -0.1) is 0 Å². The Kier molecular flexibility index (Phi) is 8.45. The van der Waals surface area contributed by atoms with E-state index < -0.39 is 12.0 Å². The standard InChI is InChI=1S/C31H37ClN8O3/c1-18-8-10-20(11-9-18)17-40-26-24(22-14-23(32)16-35-15-22)36-29(27(33)43-30(34)41)37-28(26)38-31(40)39-12-13-42-19(2)25(39)21-6-4-3-5-7-21/h4,6-7,14-16,18-20,25,33H,3,5,8-13,17H2,1-2H3,(H2,34,41)/t18?,19-,20?,25+/m1/s1.